The van der Waals surface area contributed by atoms with Crippen LogP contribution in [0.1, 0.15) is 19.4 Å². The zero-order valence-corrected chi connectivity index (χ0v) is 14.1. The maximum atomic E-state index is 12.9. The van der Waals surface area contributed by atoms with Crippen LogP contribution in [0.5, 0.6) is 5.75 Å². The van der Waals surface area contributed by atoms with Crippen LogP contribution in [0.25, 0.3) is 0 Å². The van der Waals surface area contributed by atoms with E-state index in [2.05, 4.69) is 0 Å². The molecule has 21 heavy (non-hydrogen) atoms. The summed E-state index contributed by atoms with van der Waals surface area (Å²) in [5, 5.41) is 9.23. The number of methoxy groups -OCH3 is 1. The Morgan fingerprint density at radius 3 is 2.71 bits per heavy atom. The van der Waals surface area contributed by atoms with Crippen LogP contribution in [-0.4, -0.2) is 48.5 Å². The molecule has 118 valence electrons. The van der Waals surface area contributed by atoms with Crippen LogP contribution in [0.15, 0.2) is 23.1 Å². The van der Waals surface area contributed by atoms with E-state index < -0.39 is 10.0 Å². The summed E-state index contributed by atoms with van der Waals surface area (Å²) in [5.41, 5.74) is 0.556. The molecule has 0 aromatic heterocycles. The number of hydrogen-bond acceptors (Lipinski definition) is 5. The number of sulfonamides is 1. The highest BCUT2D eigenvalue weighted by Gasteiger charge is 2.36. The number of aliphatic hydroxyl groups is 1. The molecule has 0 unspecified atom stereocenters. The molecule has 1 aliphatic rings. The van der Waals surface area contributed by atoms with Crippen molar-refractivity contribution in [2.24, 2.45) is 0 Å². The van der Waals surface area contributed by atoms with Gasteiger partial charge in [-0.25, -0.2) is 8.42 Å². The van der Waals surface area contributed by atoms with Gasteiger partial charge in [-0.1, -0.05) is 6.07 Å². The Labute approximate surface area is 130 Å². The van der Waals surface area contributed by atoms with Gasteiger partial charge >= 0.3 is 0 Å². The number of rotatable bonds is 4. The van der Waals surface area contributed by atoms with Crippen molar-refractivity contribution in [3.05, 3.63) is 23.8 Å². The van der Waals surface area contributed by atoms with Crippen LogP contribution < -0.4 is 4.74 Å². The minimum Gasteiger partial charge on any atom is -0.495 e. The van der Waals surface area contributed by atoms with Crippen molar-refractivity contribution >= 4 is 21.8 Å². The number of benzene rings is 1. The van der Waals surface area contributed by atoms with E-state index >= 15 is 0 Å². The molecule has 1 heterocycles. The lowest BCUT2D eigenvalue weighted by molar-refractivity contribution is 0.281. The highest BCUT2D eigenvalue weighted by atomic mass is 32.2. The van der Waals surface area contributed by atoms with Crippen molar-refractivity contribution in [1.82, 2.24) is 4.31 Å². The highest BCUT2D eigenvalue weighted by Crippen LogP contribution is 2.35. The van der Waals surface area contributed by atoms with Crippen LogP contribution in [0.4, 0.5) is 0 Å². The average Bonchev–Trinajstić information content (AvgIpc) is 2.45. The lowest BCUT2D eigenvalue weighted by Crippen LogP contribution is -2.46. The van der Waals surface area contributed by atoms with Gasteiger partial charge in [-0.05, 0) is 31.5 Å². The SMILES string of the molecule is COc1ccc(CO)cc1S(=O)(=O)N1CCSC(C)(C)C1. The molecule has 0 aliphatic carbocycles. The van der Waals surface area contributed by atoms with Crippen molar-refractivity contribution in [2.75, 3.05) is 26.0 Å². The summed E-state index contributed by atoms with van der Waals surface area (Å²) in [5.74, 6) is 1.08. The first-order chi connectivity index (χ1) is 9.80. The summed E-state index contributed by atoms with van der Waals surface area (Å²) in [7, 11) is -2.18. The van der Waals surface area contributed by atoms with E-state index in [1.54, 1.807) is 23.9 Å². The second-order valence-corrected chi connectivity index (χ2v) is 9.30. The molecule has 0 radical (unpaired) electrons. The first-order valence-corrected chi connectivity index (χ1v) is 9.14. The van der Waals surface area contributed by atoms with Crippen LogP contribution in [0.2, 0.25) is 0 Å². The topological polar surface area (TPSA) is 66.8 Å². The van der Waals surface area contributed by atoms with Gasteiger partial charge in [0.2, 0.25) is 10.0 Å². The summed E-state index contributed by atoms with van der Waals surface area (Å²) in [6.07, 6.45) is 0. The fourth-order valence-electron chi connectivity index (χ4n) is 2.34. The van der Waals surface area contributed by atoms with Gasteiger partial charge in [0.15, 0.2) is 0 Å². The van der Waals surface area contributed by atoms with E-state index in [-0.39, 0.29) is 16.2 Å². The smallest absolute Gasteiger partial charge is 0.246 e. The first kappa shape index (κ1) is 16.6. The van der Waals surface area contributed by atoms with E-state index in [4.69, 9.17) is 4.74 Å². The van der Waals surface area contributed by atoms with Crippen molar-refractivity contribution in [3.63, 3.8) is 0 Å². The number of hydrogen-bond donors (Lipinski definition) is 1. The Kier molecular flexibility index (Phi) is 4.87. The fraction of sp³-hybridized carbons (Fsp3) is 0.571. The van der Waals surface area contributed by atoms with Crippen molar-refractivity contribution in [3.8, 4) is 5.75 Å². The third-order valence-electron chi connectivity index (χ3n) is 3.42. The van der Waals surface area contributed by atoms with Gasteiger partial charge in [-0.2, -0.15) is 16.1 Å². The molecule has 5 nitrogen and oxygen atoms in total. The van der Waals surface area contributed by atoms with Crippen LogP contribution in [-0.2, 0) is 16.6 Å². The number of ether oxygens (including phenoxy) is 1. The third-order valence-corrected chi connectivity index (χ3v) is 6.58. The molecule has 0 atom stereocenters. The largest absolute Gasteiger partial charge is 0.495 e. The second kappa shape index (κ2) is 6.16. The molecule has 1 aliphatic heterocycles. The predicted molar refractivity (Wildman–Crippen MR) is 84.2 cm³/mol. The minimum absolute atomic E-state index is 0.104. The standard InChI is InChI=1S/C14H21NO4S2/c1-14(2)10-15(6-7-20-14)21(17,18)13-8-11(9-16)4-5-12(13)19-3/h4-5,8,16H,6-7,9-10H2,1-3H3. The quantitative estimate of drug-likeness (QED) is 0.910. The van der Waals surface area contributed by atoms with Crippen molar-refractivity contribution in [2.45, 2.75) is 30.1 Å². The van der Waals surface area contributed by atoms with E-state index in [9.17, 15) is 13.5 Å². The molecule has 0 spiro atoms. The molecular formula is C14H21NO4S2. The fourth-order valence-corrected chi connectivity index (χ4v) is 5.46. The maximum Gasteiger partial charge on any atom is 0.246 e. The molecule has 1 saturated heterocycles. The molecule has 2 rings (SSSR count). The molecule has 0 bridgehead atoms. The van der Waals surface area contributed by atoms with Crippen LogP contribution in [0.3, 0.4) is 0 Å². The Bertz CT molecular complexity index is 613. The Morgan fingerprint density at radius 2 is 2.14 bits per heavy atom. The Morgan fingerprint density at radius 1 is 1.43 bits per heavy atom. The Balaban J connectivity index is 2.43. The van der Waals surface area contributed by atoms with E-state index in [0.29, 0.717) is 24.4 Å². The first-order valence-electron chi connectivity index (χ1n) is 6.72. The average molecular weight is 331 g/mol. The van der Waals surface area contributed by atoms with Gasteiger partial charge in [0.05, 0.1) is 13.7 Å². The zero-order chi connectivity index (χ0) is 15.7. The molecular weight excluding hydrogens is 310 g/mol. The number of thioether (sulfide) groups is 1. The Hall–Kier alpha value is -0.760. The molecule has 0 saturated carbocycles. The van der Waals surface area contributed by atoms with E-state index in [1.165, 1.54) is 17.5 Å². The molecule has 1 aromatic rings. The summed E-state index contributed by atoms with van der Waals surface area (Å²) >= 11 is 1.78. The van der Waals surface area contributed by atoms with Gasteiger partial charge in [0, 0.05) is 23.6 Å². The monoisotopic (exact) mass is 331 g/mol. The lowest BCUT2D eigenvalue weighted by atomic mass is 10.2. The van der Waals surface area contributed by atoms with Crippen LogP contribution >= 0.6 is 11.8 Å². The number of aliphatic hydroxyl groups excluding tert-OH is 1. The van der Waals surface area contributed by atoms with Gasteiger partial charge in [-0.3, -0.25) is 0 Å². The van der Waals surface area contributed by atoms with Crippen LogP contribution in [0, 0.1) is 0 Å². The predicted octanol–water partition coefficient (Wildman–Crippen LogP) is 1.70. The second-order valence-electron chi connectivity index (χ2n) is 5.59. The normalized spacial score (nSPS) is 19.4. The van der Waals surface area contributed by atoms with E-state index in [0.717, 1.165) is 5.75 Å². The summed E-state index contributed by atoms with van der Waals surface area (Å²) in [4.78, 5) is 0.124. The van der Waals surface area contributed by atoms with Gasteiger partial charge in [-0.15, -0.1) is 0 Å². The van der Waals surface area contributed by atoms with Crippen molar-refractivity contribution < 1.29 is 18.3 Å². The van der Waals surface area contributed by atoms with Gasteiger partial charge in [0.25, 0.3) is 0 Å². The molecule has 1 N–H and O–H groups in total. The molecule has 1 fully saturated rings. The molecule has 7 heteroatoms. The maximum absolute atomic E-state index is 12.9. The minimum atomic E-state index is -3.62. The van der Waals surface area contributed by atoms with Gasteiger partial charge in [0.1, 0.15) is 10.6 Å². The van der Waals surface area contributed by atoms with Crippen molar-refractivity contribution in [1.29, 1.82) is 0 Å². The summed E-state index contributed by atoms with van der Waals surface area (Å²) in [6.45, 7) is 4.84. The highest BCUT2D eigenvalue weighted by molar-refractivity contribution is 8.00. The number of nitrogens with zero attached hydrogens (tertiary/aromatic N) is 1. The summed E-state index contributed by atoms with van der Waals surface area (Å²) in [6, 6.07) is 4.74. The molecule has 0 amide bonds. The summed E-state index contributed by atoms with van der Waals surface area (Å²) < 4.78 is 32.3. The lowest BCUT2D eigenvalue weighted by Gasteiger charge is -2.36. The molecule has 1 aromatic carbocycles. The van der Waals surface area contributed by atoms with Gasteiger partial charge < -0.3 is 9.84 Å². The zero-order valence-electron chi connectivity index (χ0n) is 12.5. The third kappa shape index (κ3) is 3.53. The van der Waals surface area contributed by atoms with E-state index in [1.807, 2.05) is 13.8 Å².